The minimum absolute atomic E-state index is 0.0298. The fraction of sp³-hybridized carbons (Fsp3) is 0.529. The number of primary amides is 1. The highest BCUT2D eigenvalue weighted by atomic mass is 16.2. The Kier molecular flexibility index (Phi) is 4.16. The van der Waals surface area contributed by atoms with E-state index in [0.717, 1.165) is 38.0 Å². The molecule has 0 aliphatic carbocycles. The number of amides is 2. The molecule has 0 unspecified atom stereocenters. The molecule has 22 heavy (non-hydrogen) atoms. The van der Waals surface area contributed by atoms with Gasteiger partial charge >= 0.3 is 0 Å². The van der Waals surface area contributed by atoms with Crippen LogP contribution in [0.2, 0.25) is 0 Å². The van der Waals surface area contributed by atoms with Gasteiger partial charge in [0, 0.05) is 17.6 Å². The van der Waals surface area contributed by atoms with Crippen LogP contribution in [0.1, 0.15) is 25.3 Å². The Hall–Kier alpha value is -1.88. The highest BCUT2D eigenvalue weighted by molar-refractivity contribution is 5.97. The number of nitrogens with zero attached hydrogens (tertiary/aromatic N) is 2. The second-order valence-corrected chi connectivity index (χ2v) is 6.40. The first kappa shape index (κ1) is 15.0. The van der Waals surface area contributed by atoms with Crippen molar-refractivity contribution in [3.05, 3.63) is 29.8 Å². The lowest BCUT2D eigenvalue weighted by atomic mass is 9.96. The van der Waals surface area contributed by atoms with Crippen molar-refractivity contribution >= 4 is 17.5 Å². The highest BCUT2D eigenvalue weighted by Gasteiger charge is 2.32. The topological polar surface area (TPSA) is 66.6 Å². The first-order valence-electron chi connectivity index (χ1n) is 7.98. The molecule has 1 fully saturated rings. The van der Waals surface area contributed by atoms with Gasteiger partial charge < -0.3 is 10.6 Å². The molecule has 2 aliphatic heterocycles. The molecule has 5 heteroatoms. The molecule has 0 bridgehead atoms. The first-order chi connectivity index (χ1) is 10.6. The Morgan fingerprint density at radius 2 is 1.91 bits per heavy atom. The predicted molar refractivity (Wildman–Crippen MR) is 85.5 cm³/mol. The minimum atomic E-state index is -0.215. The molecule has 1 saturated heterocycles. The molecule has 0 saturated carbocycles. The van der Waals surface area contributed by atoms with E-state index in [1.54, 1.807) is 0 Å². The van der Waals surface area contributed by atoms with Gasteiger partial charge in [-0.1, -0.05) is 18.2 Å². The quantitative estimate of drug-likeness (QED) is 0.911. The number of piperidine rings is 1. The molecule has 2 heterocycles. The molecule has 3 rings (SSSR count). The number of hydrogen-bond donors (Lipinski definition) is 1. The van der Waals surface area contributed by atoms with Crippen LogP contribution < -0.4 is 10.6 Å². The van der Waals surface area contributed by atoms with Gasteiger partial charge in [0.05, 0.1) is 6.54 Å². The van der Waals surface area contributed by atoms with E-state index >= 15 is 0 Å². The van der Waals surface area contributed by atoms with E-state index in [4.69, 9.17) is 5.73 Å². The molecule has 2 amide bonds. The van der Waals surface area contributed by atoms with Crippen molar-refractivity contribution < 1.29 is 9.59 Å². The lowest BCUT2D eigenvalue weighted by molar-refractivity contribution is -0.123. The van der Waals surface area contributed by atoms with E-state index in [0.29, 0.717) is 6.54 Å². The molecule has 1 aromatic carbocycles. The van der Waals surface area contributed by atoms with E-state index in [2.05, 4.69) is 17.9 Å². The van der Waals surface area contributed by atoms with Crippen molar-refractivity contribution in [1.29, 1.82) is 0 Å². The number of para-hydroxylation sites is 1. The summed E-state index contributed by atoms with van der Waals surface area (Å²) in [6.45, 7) is 4.05. The van der Waals surface area contributed by atoms with Crippen LogP contribution in [0, 0.1) is 5.92 Å². The zero-order valence-electron chi connectivity index (χ0n) is 13.0. The Morgan fingerprint density at radius 1 is 1.23 bits per heavy atom. The number of carbonyl (C=O) groups excluding carboxylic acids is 2. The molecule has 2 aliphatic rings. The fourth-order valence-corrected chi connectivity index (χ4v) is 3.59. The lowest BCUT2D eigenvalue weighted by Gasteiger charge is -2.32. The molecule has 2 N–H and O–H groups in total. The number of anilines is 1. The van der Waals surface area contributed by atoms with Gasteiger partial charge in [0.25, 0.3) is 0 Å². The van der Waals surface area contributed by atoms with E-state index in [1.807, 2.05) is 23.1 Å². The van der Waals surface area contributed by atoms with E-state index in [9.17, 15) is 9.59 Å². The number of benzene rings is 1. The van der Waals surface area contributed by atoms with Gasteiger partial charge in [-0.05, 0) is 50.9 Å². The molecule has 0 spiro atoms. The van der Waals surface area contributed by atoms with Gasteiger partial charge in [-0.15, -0.1) is 0 Å². The fourth-order valence-electron chi connectivity index (χ4n) is 3.59. The van der Waals surface area contributed by atoms with Gasteiger partial charge in [-0.3, -0.25) is 14.5 Å². The van der Waals surface area contributed by atoms with Gasteiger partial charge in [-0.2, -0.15) is 0 Å². The summed E-state index contributed by atoms with van der Waals surface area (Å²) in [6.07, 6.45) is 2.44. The maximum Gasteiger partial charge on any atom is 0.241 e. The summed E-state index contributed by atoms with van der Waals surface area (Å²) in [7, 11) is 0. The van der Waals surface area contributed by atoms with Crippen LogP contribution in [0.3, 0.4) is 0 Å². The second kappa shape index (κ2) is 6.08. The van der Waals surface area contributed by atoms with Gasteiger partial charge in [-0.25, -0.2) is 0 Å². The van der Waals surface area contributed by atoms with Crippen molar-refractivity contribution in [3.8, 4) is 0 Å². The van der Waals surface area contributed by atoms with Crippen LogP contribution >= 0.6 is 0 Å². The number of carbonyl (C=O) groups is 2. The van der Waals surface area contributed by atoms with E-state index in [-0.39, 0.29) is 23.8 Å². The third-order valence-electron chi connectivity index (χ3n) is 4.82. The second-order valence-electron chi connectivity index (χ2n) is 6.40. The number of fused-ring (bicyclic) bond motifs is 1. The normalized spacial score (nSPS) is 22.6. The summed E-state index contributed by atoms with van der Waals surface area (Å²) in [5, 5.41) is 0. The van der Waals surface area contributed by atoms with Crippen LogP contribution in [0.25, 0.3) is 0 Å². The van der Waals surface area contributed by atoms with Crippen LogP contribution in [-0.4, -0.2) is 42.4 Å². The van der Waals surface area contributed by atoms with Crippen LogP contribution in [0.4, 0.5) is 5.69 Å². The average Bonchev–Trinajstić information content (AvgIpc) is 2.83. The maximum atomic E-state index is 12.7. The summed E-state index contributed by atoms with van der Waals surface area (Å²) in [4.78, 5) is 28.0. The van der Waals surface area contributed by atoms with Gasteiger partial charge in [0.15, 0.2) is 0 Å². The maximum absolute atomic E-state index is 12.7. The third-order valence-corrected chi connectivity index (χ3v) is 4.82. The van der Waals surface area contributed by atoms with E-state index in [1.165, 1.54) is 5.56 Å². The molecular formula is C17H23N3O2. The molecular weight excluding hydrogens is 278 g/mol. The Morgan fingerprint density at radius 3 is 2.59 bits per heavy atom. The standard InChI is InChI=1S/C17H23N3O2/c1-12-10-14-4-2-3-5-15(14)20(12)16(21)11-19-8-6-13(7-9-19)17(18)22/h2-5,12-13H,6-11H2,1H3,(H2,18,22)/t12-/m1/s1. The number of nitrogens with two attached hydrogens (primary N) is 1. The zero-order chi connectivity index (χ0) is 15.7. The zero-order valence-corrected chi connectivity index (χ0v) is 13.0. The molecule has 1 atom stereocenters. The molecule has 1 aromatic rings. The summed E-state index contributed by atoms with van der Waals surface area (Å²) in [5.41, 5.74) is 7.65. The Labute approximate surface area is 131 Å². The largest absolute Gasteiger partial charge is 0.369 e. The summed E-state index contributed by atoms with van der Waals surface area (Å²) in [5.74, 6) is -0.0965. The monoisotopic (exact) mass is 301 g/mol. The molecule has 5 nitrogen and oxygen atoms in total. The van der Waals surface area contributed by atoms with E-state index < -0.39 is 0 Å². The Bertz CT molecular complexity index is 579. The highest BCUT2D eigenvalue weighted by Crippen LogP contribution is 2.32. The summed E-state index contributed by atoms with van der Waals surface area (Å²) in [6, 6.07) is 8.34. The van der Waals surface area contributed by atoms with Gasteiger partial charge in [0.1, 0.15) is 0 Å². The minimum Gasteiger partial charge on any atom is -0.369 e. The van der Waals surface area contributed by atoms with Crippen LogP contribution in [0.5, 0.6) is 0 Å². The van der Waals surface area contributed by atoms with Crippen molar-refractivity contribution in [2.24, 2.45) is 11.7 Å². The predicted octanol–water partition coefficient (Wildman–Crippen LogP) is 1.16. The average molecular weight is 301 g/mol. The lowest BCUT2D eigenvalue weighted by Crippen LogP contribution is -2.46. The summed E-state index contributed by atoms with van der Waals surface area (Å²) >= 11 is 0. The third kappa shape index (κ3) is 2.86. The van der Waals surface area contributed by atoms with Crippen LogP contribution in [0.15, 0.2) is 24.3 Å². The molecule has 0 aromatic heterocycles. The summed E-state index contributed by atoms with van der Waals surface area (Å²) < 4.78 is 0. The van der Waals surface area contributed by atoms with Crippen molar-refractivity contribution in [2.45, 2.75) is 32.2 Å². The SMILES string of the molecule is C[C@@H]1Cc2ccccc2N1C(=O)CN1CCC(C(N)=O)CC1. The molecule has 118 valence electrons. The van der Waals surface area contributed by atoms with Crippen molar-refractivity contribution in [2.75, 3.05) is 24.5 Å². The van der Waals surface area contributed by atoms with Crippen molar-refractivity contribution in [1.82, 2.24) is 4.90 Å². The number of likely N-dealkylation sites (tertiary alicyclic amines) is 1. The van der Waals surface area contributed by atoms with Gasteiger partial charge in [0.2, 0.25) is 11.8 Å². The molecule has 0 radical (unpaired) electrons. The number of rotatable bonds is 3. The van der Waals surface area contributed by atoms with Crippen molar-refractivity contribution in [3.63, 3.8) is 0 Å². The number of hydrogen-bond acceptors (Lipinski definition) is 3. The smallest absolute Gasteiger partial charge is 0.241 e. The first-order valence-corrected chi connectivity index (χ1v) is 7.98. The Balaban J connectivity index is 1.62. The van der Waals surface area contributed by atoms with Crippen LogP contribution in [-0.2, 0) is 16.0 Å².